The molecule has 0 amide bonds. The van der Waals surface area contributed by atoms with E-state index < -0.39 is 0 Å². The van der Waals surface area contributed by atoms with E-state index in [1.165, 1.54) is 0 Å². The lowest BCUT2D eigenvalue weighted by Gasteiger charge is -2.42. The Kier molecular flexibility index (Phi) is 3.34. The van der Waals surface area contributed by atoms with Crippen molar-refractivity contribution in [1.82, 2.24) is 9.97 Å². The quantitative estimate of drug-likeness (QED) is 0.738. The molecule has 0 bridgehead atoms. The second-order valence-electron chi connectivity index (χ2n) is 4.76. The molecule has 1 aromatic heterocycles. The molecule has 4 nitrogen and oxygen atoms in total. The smallest absolute Gasteiger partial charge is 0.145 e. The fourth-order valence-electron chi connectivity index (χ4n) is 2.15. The van der Waals surface area contributed by atoms with Crippen LogP contribution in [0.5, 0.6) is 0 Å². The summed E-state index contributed by atoms with van der Waals surface area (Å²) in [5.74, 6) is 1.01. The zero-order valence-electron chi connectivity index (χ0n) is 9.77. The first-order valence-electron chi connectivity index (χ1n) is 5.36. The molecule has 2 heterocycles. The van der Waals surface area contributed by atoms with Gasteiger partial charge in [0.2, 0.25) is 0 Å². The van der Waals surface area contributed by atoms with Crippen LogP contribution >= 0.6 is 22.6 Å². The molecule has 1 aliphatic heterocycles. The average Bonchev–Trinajstić information content (AvgIpc) is 2.15. The van der Waals surface area contributed by atoms with E-state index in [-0.39, 0.29) is 11.7 Å². The maximum Gasteiger partial charge on any atom is 0.145 e. The summed E-state index contributed by atoms with van der Waals surface area (Å²) in [6, 6.07) is 0. The molecule has 1 aliphatic rings. The number of nitrogens with zero attached hydrogens (tertiary/aromatic N) is 3. The van der Waals surface area contributed by atoms with E-state index in [1.54, 1.807) is 6.33 Å². The second-order valence-corrected chi connectivity index (χ2v) is 5.93. The summed E-state index contributed by atoms with van der Waals surface area (Å²) in [6.07, 6.45) is 3.68. The molecule has 0 aliphatic carbocycles. The molecular weight excluding hydrogens is 317 g/mol. The number of hydrogen-bond donors (Lipinski definition) is 0. The first-order valence-corrected chi connectivity index (χ1v) is 6.44. The Morgan fingerprint density at radius 2 is 2.31 bits per heavy atom. The molecule has 0 spiro atoms. The molecule has 0 aromatic carbocycles. The van der Waals surface area contributed by atoms with Crippen LogP contribution in [0.1, 0.15) is 20.8 Å². The minimum absolute atomic E-state index is 0.119. The maximum absolute atomic E-state index is 5.88. The molecule has 16 heavy (non-hydrogen) atoms. The standard InChI is InChI=1S/C11H16IN3O/c1-8-5-15(6-11(2,3)16-8)10-9(12)4-13-7-14-10/h4,7-8H,5-6H2,1-3H3. The number of ether oxygens (including phenoxy) is 1. The van der Waals surface area contributed by atoms with E-state index in [4.69, 9.17) is 4.74 Å². The van der Waals surface area contributed by atoms with Crippen molar-refractivity contribution in [2.24, 2.45) is 0 Å². The SMILES string of the molecule is CC1CN(c2ncncc2I)CC(C)(C)O1. The van der Waals surface area contributed by atoms with E-state index in [0.717, 1.165) is 22.5 Å². The van der Waals surface area contributed by atoms with Gasteiger partial charge in [0.1, 0.15) is 12.1 Å². The Morgan fingerprint density at radius 3 is 2.94 bits per heavy atom. The Labute approximate surface area is 110 Å². The molecule has 1 fully saturated rings. The number of hydrogen-bond acceptors (Lipinski definition) is 4. The zero-order chi connectivity index (χ0) is 11.8. The molecule has 0 saturated carbocycles. The molecule has 0 radical (unpaired) electrons. The number of aromatic nitrogens is 2. The molecular formula is C11H16IN3O. The summed E-state index contributed by atoms with van der Waals surface area (Å²) in [4.78, 5) is 10.6. The molecule has 1 aromatic rings. The second kappa shape index (κ2) is 4.44. The molecule has 1 unspecified atom stereocenters. The predicted molar refractivity (Wildman–Crippen MR) is 71.6 cm³/mol. The van der Waals surface area contributed by atoms with Crippen molar-refractivity contribution in [1.29, 1.82) is 0 Å². The van der Waals surface area contributed by atoms with Gasteiger partial charge in [-0.05, 0) is 43.4 Å². The molecule has 1 saturated heterocycles. The lowest BCUT2D eigenvalue weighted by atomic mass is 10.1. The number of halogens is 1. The van der Waals surface area contributed by atoms with Crippen LogP contribution in [0, 0.1) is 3.57 Å². The molecule has 5 heteroatoms. The van der Waals surface area contributed by atoms with Gasteiger partial charge < -0.3 is 9.64 Å². The van der Waals surface area contributed by atoms with Crippen LogP contribution in [-0.4, -0.2) is 34.8 Å². The van der Waals surface area contributed by atoms with Crippen molar-refractivity contribution in [2.45, 2.75) is 32.5 Å². The predicted octanol–water partition coefficient (Wildman–Crippen LogP) is 2.08. The normalized spacial score (nSPS) is 24.5. The van der Waals surface area contributed by atoms with Gasteiger partial charge in [-0.3, -0.25) is 0 Å². The summed E-state index contributed by atoms with van der Waals surface area (Å²) in [6.45, 7) is 8.08. The Bertz CT molecular complexity index is 383. The zero-order valence-corrected chi connectivity index (χ0v) is 11.9. The van der Waals surface area contributed by atoms with Crippen LogP contribution in [0.4, 0.5) is 5.82 Å². The van der Waals surface area contributed by atoms with Gasteiger partial charge in [-0.1, -0.05) is 0 Å². The van der Waals surface area contributed by atoms with Gasteiger partial charge in [-0.2, -0.15) is 0 Å². The number of rotatable bonds is 1. The lowest BCUT2D eigenvalue weighted by molar-refractivity contribution is -0.0752. The van der Waals surface area contributed by atoms with E-state index in [1.807, 2.05) is 6.20 Å². The lowest BCUT2D eigenvalue weighted by Crippen LogP contribution is -2.52. The van der Waals surface area contributed by atoms with Crippen molar-refractivity contribution in [3.8, 4) is 0 Å². The first-order chi connectivity index (χ1) is 7.48. The highest BCUT2D eigenvalue weighted by Crippen LogP contribution is 2.26. The summed E-state index contributed by atoms with van der Waals surface area (Å²) in [5, 5.41) is 0. The number of anilines is 1. The fourth-order valence-corrected chi connectivity index (χ4v) is 2.80. The third kappa shape index (κ3) is 2.63. The highest BCUT2D eigenvalue weighted by atomic mass is 127. The van der Waals surface area contributed by atoms with Crippen LogP contribution < -0.4 is 4.90 Å². The van der Waals surface area contributed by atoms with Gasteiger partial charge in [0.15, 0.2) is 0 Å². The molecule has 2 rings (SSSR count). The maximum atomic E-state index is 5.88. The molecule has 1 atom stereocenters. The van der Waals surface area contributed by atoms with Gasteiger partial charge in [-0.25, -0.2) is 9.97 Å². The summed E-state index contributed by atoms with van der Waals surface area (Å²) < 4.78 is 6.97. The monoisotopic (exact) mass is 333 g/mol. The van der Waals surface area contributed by atoms with E-state index in [9.17, 15) is 0 Å². The summed E-state index contributed by atoms with van der Waals surface area (Å²) in [7, 11) is 0. The summed E-state index contributed by atoms with van der Waals surface area (Å²) >= 11 is 2.27. The van der Waals surface area contributed by atoms with E-state index >= 15 is 0 Å². The minimum atomic E-state index is -0.119. The van der Waals surface area contributed by atoms with E-state index in [0.29, 0.717) is 0 Å². The fraction of sp³-hybridized carbons (Fsp3) is 0.636. The van der Waals surface area contributed by atoms with Gasteiger partial charge in [0, 0.05) is 19.3 Å². The average molecular weight is 333 g/mol. The van der Waals surface area contributed by atoms with Crippen molar-refractivity contribution >= 4 is 28.4 Å². The highest BCUT2D eigenvalue weighted by molar-refractivity contribution is 14.1. The van der Waals surface area contributed by atoms with E-state index in [2.05, 4.69) is 58.2 Å². The number of morpholine rings is 1. The van der Waals surface area contributed by atoms with Crippen LogP contribution in [0.25, 0.3) is 0 Å². The topological polar surface area (TPSA) is 38.2 Å². The third-order valence-corrected chi connectivity index (χ3v) is 3.28. The van der Waals surface area contributed by atoms with Gasteiger partial charge in [0.25, 0.3) is 0 Å². The van der Waals surface area contributed by atoms with Crippen LogP contribution in [0.2, 0.25) is 0 Å². The Balaban J connectivity index is 2.25. The van der Waals surface area contributed by atoms with Gasteiger partial charge in [-0.15, -0.1) is 0 Å². The van der Waals surface area contributed by atoms with Crippen molar-refractivity contribution in [3.63, 3.8) is 0 Å². The Morgan fingerprint density at radius 1 is 1.56 bits per heavy atom. The third-order valence-electron chi connectivity index (χ3n) is 2.52. The minimum Gasteiger partial charge on any atom is -0.369 e. The molecule has 88 valence electrons. The highest BCUT2D eigenvalue weighted by Gasteiger charge is 2.32. The summed E-state index contributed by atoms with van der Waals surface area (Å²) in [5.41, 5.74) is -0.119. The molecule has 0 N–H and O–H groups in total. The first kappa shape index (κ1) is 12.0. The largest absolute Gasteiger partial charge is 0.369 e. The van der Waals surface area contributed by atoms with Crippen molar-refractivity contribution in [2.75, 3.05) is 18.0 Å². The van der Waals surface area contributed by atoms with Crippen LogP contribution in [0.3, 0.4) is 0 Å². The van der Waals surface area contributed by atoms with Crippen molar-refractivity contribution in [3.05, 3.63) is 16.1 Å². The van der Waals surface area contributed by atoms with Crippen molar-refractivity contribution < 1.29 is 4.74 Å². The Hall–Kier alpha value is -0.430. The van der Waals surface area contributed by atoms with Gasteiger partial charge >= 0.3 is 0 Å². The van der Waals surface area contributed by atoms with Crippen LogP contribution in [-0.2, 0) is 4.74 Å². The van der Waals surface area contributed by atoms with Crippen LogP contribution in [0.15, 0.2) is 12.5 Å². The van der Waals surface area contributed by atoms with Gasteiger partial charge in [0.05, 0.1) is 15.3 Å².